The molecule has 0 amide bonds. The van der Waals surface area contributed by atoms with Gasteiger partial charge in [0.25, 0.3) is 10.1 Å². The monoisotopic (exact) mass is 290 g/mol. The van der Waals surface area contributed by atoms with E-state index in [2.05, 4.69) is 11.1 Å². The Kier molecular flexibility index (Phi) is 8.11. The standard InChI is InChI=1S/C9H10N2OS.CH4O3S/c10-6-1-2-7-13-9-5-3-4-8(12)11-9;1-5(2,3)4/h3-5H,1-2,7H2,(H,11,12);1H3,(H,2,3,4). The van der Waals surface area contributed by atoms with E-state index in [0.29, 0.717) is 12.7 Å². The molecule has 0 aliphatic carbocycles. The molecule has 0 spiro atoms. The first-order valence-corrected chi connectivity index (χ1v) is 7.74. The summed E-state index contributed by atoms with van der Waals surface area (Å²) in [6, 6.07) is 7.23. The molecular weight excluding hydrogens is 276 g/mol. The molecule has 2 N–H and O–H groups in total. The van der Waals surface area contributed by atoms with Crippen molar-refractivity contribution in [2.45, 2.75) is 17.9 Å². The molecule has 8 heteroatoms. The molecule has 0 atom stereocenters. The van der Waals surface area contributed by atoms with Crippen LogP contribution in [-0.2, 0) is 10.1 Å². The van der Waals surface area contributed by atoms with Gasteiger partial charge < -0.3 is 5.11 Å². The predicted octanol–water partition coefficient (Wildman–Crippen LogP) is 1.69. The summed E-state index contributed by atoms with van der Waals surface area (Å²) in [5, 5.41) is 18.1. The van der Waals surface area contributed by atoms with Crippen LogP contribution in [0.2, 0.25) is 0 Å². The Morgan fingerprint density at radius 3 is 2.61 bits per heavy atom. The minimum absolute atomic E-state index is 0.0466. The maximum Gasteiger partial charge on any atom is 0.261 e. The van der Waals surface area contributed by atoms with Gasteiger partial charge in [-0.25, -0.2) is 4.98 Å². The summed E-state index contributed by atoms with van der Waals surface area (Å²) < 4.78 is 25.9. The zero-order valence-electron chi connectivity index (χ0n) is 9.78. The smallest absolute Gasteiger partial charge is 0.261 e. The summed E-state index contributed by atoms with van der Waals surface area (Å²) in [6.45, 7) is 0. The lowest BCUT2D eigenvalue weighted by atomic mass is 10.4. The highest BCUT2D eigenvalue weighted by atomic mass is 32.2. The van der Waals surface area contributed by atoms with Gasteiger partial charge in [0.05, 0.1) is 12.3 Å². The second-order valence-electron chi connectivity index (χ2n) is 3.18. The van der Waals surface area contributed by atoms with E-state index < -0.39 is 10.1 Å². The molecule has 0 saturated heterocycles. The van der Waals surface area contributed by atoms with Crippen molar-refractivity contribution in [3.8, 4) is 11.9 Å². The third-order valence-corrected chi connectivity index (χ3v) is 2.41. The van der Waals surface area contributed by atoms with E-state index in [0.717, 1.165) is 17.2 Å². The van der Waals surface area contributed by atoms with E-state index in [9.17, 15) is 8.42 Å². The molecule has 1 heterocycles. The summed E-state index contributed by atoms with van der Waals surface area (Å²) in [5.74, 6) is 0.912. The normalized spacial score (nSPS) is 10.1. The lowest BCUT2D eigenvalue weighted by molar-refractivity contribution is 0.449. The molecule has 1 rings (SSSR count). The molecule has 0 aliphatic rings. The summed E-state index contributed by atoms with van der Waals surface area (Å²) in [4.78, 5) is 3.91. The number of nitrogens with zero attached hydrogens (tertiary/aromatic N) is 2. The van der Waals surface area contributed by atoms with Gasteiger partial charge in [-0.1, -0.05) is 6.07 Å². The average Bonchev–Trinajstić information content (AvgIpc) is 2.22. The molecule has 0 fully saturated rings. The number of pyridine rings is 1. The molecule has 1 aromatic heterocycles. The minimum Gasteiger partial charge on any atom is -0.493 e. The summed E-state index contributed by atoms with van der Waals surface area (Å²) in [6.07, 6.45) is 2.15. The summed E-state index contributed by atoms with van der Waals surface area (Å²) >= 11 is 1.55. The van der Waals surface area contributed by atoms with Crippen molar-refractivity contribution >= 4 is 21.9 Å². The Labute approximate surface area is 110 Å². The van der Waals surface area contributed by atoms with Crippen molar-refractivity contribution in [1.82, 2.24) is 4.98 Å². The lowest BCUT2D eigenvalue weighted by Crippen LogP contribution is -1.88. The first-order chi connectivity index (χ1) is 8.33. The zero-order chi connectivity index (χ0) is 14.0. The largest absolute Gasteiger partial charge is 0.493 e. The lowest BCUT2D eigenvalue weighted by Gasteiger charge is -1.98. The van der Waals surface area contributed by atoms with Crippen LogP contribution in [0.3, 0.4) is 0 Å². The van der Waals surface area contributed by atoms with E-state index in [1.807, 2.05) is 6.07 Å². The number of nitriles is 1. The molecular formula is C10H14N2O4S2. The van der Waals surface area contributed by atoms with Crippen LogP contribution in [0.4, 0.5) is 0 Å². The van der Waals surface area contributed by atoms with Crippen molar-refractivity contribution < 1.29 is 18.1 Å². The van der Waals surface area contributed by atoms with Gasteiger partial charge in [0.1, 0.15) is 5.03 Å². The molecule has 6 nitrogen and oxygen atoms in total. The van der Waals surface area contributed by atoms with Crippen LogP contribution in [0, 0.1) is 11.3 Å². The number of hydrogen-bond acceptors (Lipinski definition) is 6. The first kappa shape index (κ1) is 16.7. The first-order valence-electron chi connectivity index (χ1n) is 4.91. The summed E-state index contributed by atoms with van der Waals surface area (Å²) in [7, 11) is -3.67. The van der Waals surface area contributed by atoms with E-state index >= 15 is 0 Å². The van der Waals surface area contributed by atoms with Crippen LogP contribution in [0.15, 0.2) is 23.2 Å². The fourth-order valence-corrected chi connectivity index (χ4v) is 1.64. The SMILES string of the molecule is CS(=O)(=O)O.N#CCCCSc1cccc(O)n1. The number of aromatic hydroxyl groups is 1. The minimum atomic E-state index is -3.67. The van der Waals surface area contributed by atoms with E-state index in [1.165, 1.54) is 0 Å². The zero-order valence-corrected chi connectivity index (χ0v) is 11.4. The maximum absolute atomic E-state index is 9.19. The third-order valence-electron chi connectivity index (χ3n) is 1.39. The average molecular weight is 290 g/mol. The Hall–Kier alpha value is -1.30. The second-order valence-corrected chi connectivity index (χ2v) is 5.76. The Bertz CT molecular complexity index is 489. The Morgan fingerprint density at radius 1 is 1.50 bits per heavy atom. The summed E-state index contributed by atoms with van der Waals surface area (Å²) in [5.41, 5.74) is 0. The van der Waals surface area contributed by atoms with Gasteiger partial charge in [0.2, 0.25) is 5.88 Å². The fourth-order valence-electron chi connectivity index (χ4n) is 0.812. The highest BCUT2D eigenvalue weighted by Gasteiger charge is 1.96. The maximum atomic E-state index is 9.19. The van der Waals surface area contributed by atoms with Crippen molar-refractivity contribution in [2.24, 2.45) is 0 Å². The molecule has 0 unspecified atom stereocenters. The molecule has 1 aromatic rings. The van der Waals surface area contributed by atoms with Gasteiger partial charge in [0, 0.05) is 18.2 Å². The van der Waals surface area contributed by atoms with Gasteiger partial charge in [-0.15, -0.1) is 11.8 Å². The van der Waals surface area contributed by atoms with Gasteiger partial charge in [-0.2, -0.15) is 13.7 Å². The van der Waals surface area contributed by atoms with Crippen LogP contribution in [0.5, 0.6) is 5.88 Å². The van der Waals surface area contributed by atoms with Gasteiger partial charge in [-0.3, -0.25) is 4.55 Å². The fraction of sp³-hybridized carbons (Fsp3) is 0.400. The van der Waals surface area contributed by atoms with Gasteiger partial charge in [-0.05, 0) is 12.5 Å². The van der Waals surface area contributed by atoms with Crippen LogP contribution in [0.25, 0.3) is 0 Å². The third kappa shape index (κ3) is 12.8. The van der Waals surface area contributed by atoms with Crippen LogP contribution in [-0.4, -0.2) is 35.1 Å². The highest BCUT2D eigenvalue weighted by molar-refractivity contribution is 7.99. The van der Waals surface area contributed by atoms with Crippen molar-refractivity contribution in [3.05, 3.63) is 18.2 Å². The number of aromatic nitrogens is 1. The van der Waals surface area contributed by atoms with Crippen LogP contribution in [0.1, 0.15) is 12.8 Å². The number of rotatable bonds is 4. The molecule has 0 radical (unpaired) electrons. The second kappa shape index (κ2) is 8.74. The van der Waals surface area contributed by atoms with Crippen LogP contribution < -0.4 is 0 Å². The van der Waals surface area contributed by atoms with Gasteiger partial charge in [0.15, 0.2) is 0 Å². The van der Waals surface area contributed by atoms with E-state index in [4.69, 9.17) is 14.9 Å². The molecule has 0 bridgehead atoms. The molecule has 0 saturated carbocycles. The number of hydrogen-bond donors (Lipinski definition) is 2. The van der Waals surface area contributed by atoms with Crippen molar-refractivity contribution in [1.29, 1.82) is 5.26 Å². The number of unbranched alkanes of at least 4 members (excludes halogenated alkanes) is 1. The molecule has 18 heavy (non-hydrogen) atoms. The molecule has 0 aliphatic heterocycles. The van der Waals surface area contributed by atoms with E-state index in [-0.39, 0.29) is 5.88 Å². The Morgan fingerprint density at radius 2 is 2.11 bits per heavy atom. The van der Waals surface area contributed by atoms with Gasteiger partial charge >= 0.3 is 0 Å². The Balaban J connectivity index is 0.000000494. The van der Waals surface area contributed by atoms with Crippen molar-refractivity contribution in [3.63, 3.8) is 0 Å². The predicted molar refractivity (Wildman–Crippen MR) is 68.9 cm³/mol. The topological polar surface area (TPSA) is 111 Å². The van der Waals surface area contributed by atoms with Crippen molar-refractivity contribution in [2.75, 3.05) is 12.0 Å². The number of thioether (sulfide) groups is 1. The van der Waals surface area contributed by atoms with E-state index in [1.54, 1.807) is 23.9 Å². The van der Waals surface area contributed by atoms with Crippen LogP contribution >= 0.6 is 11.8 Å². The molecule has 100 valence electrons. The highest BCUT2D eigenvalue weighted by Crippen LogP contribution is 2.18. The quantitative estimate of drug-likeness (QED) is 0.493. The molecule has 0 aromatic carbocycles.